The Kier molecular flexibility index (Phi) is 9.60. The van der Waals surface area contributed by atoms with Crippen LogP contribution in [0.1, 0.15) is 54.6 Å². The number of amides is 2. The molecule has 1 aromatic heterocycles. The van der Waals surface area contributed by atoms with Gasteiger partial charge in [0.15, 0.2) is 11.9 Å². The lowest BCUT2D eigenvalue weighted by molar-refractivity contribution is -0.153. The molecule has 3 aliphatic rings. The Morgan fingerprint density at radius 2 is 1.75 bits per heavy atom. The van der Waals surface area contributed by atoms with Gasteiger partial charge in [-0.15, -0.1) is 0 Å². The van der Waals surface area contributed by atoms with Crippen LogP contribution in [-0.2, 0) is 27.2 Å². The molecular formula is C37H43N5O6. The van der Waals surface area contributed by atoms with E-state index in [1.807, 2.05) is 67.4 Å². The van der Waals surface area contributed by atoms with Crippen molar-refractivity contribution in [3.63, 3.8) is 0 Å². The lowest BCUT2D eigenvalue weighted by Gasteiger charge is -2.36. The summed E-state index contributed by atoms with van der Waals surface area (Å²) in [6.45, 7) is 5.52. The molecule has 11 heteroatoms. The predicted molar refractivity (Wildman–Crippen MR) is 180 cm³/mol. The third-order valence-electron chi connectivity index (χ3n) is 9.32. The van der Waals surface area contributed by atoms with Crippen LogP contribution >= 0.6 is 0 Å². The molecule has 3 heterocycles. The van der Waals surface area contributed by atoms with E-state index in [0.717, 1.165) is 24.0 Å². The Balaban J connectivity index is 1.04. The molecule has 3 aromatic carbocycles. The lowest BCUT2D eigenvalue weighted by atomic mass is 9.78. The molecular weight excluding hydrogens is 610 g/mol. The molecule has 3 N–H and O–H groups in total. The van der Waals surface area contributed by atoms with Crippen molar-refractivity contribution in [3.05, 3.63) is 95.6 Å². The Hall–Kier alpha value is -4.45. The van der Waals surface area contributed by atoms with Gasteiger partial charge < -0.3 is 29.3 Å². The number of hydrazine groups is 1. The van der Waals surface area contributed by atoms with Crippen LogP contribution in [0, 0.1) is 11.8 Å². The summed E-state index contributed by atoms with van der Waals surface area (Å²) in [5.74, 6) is 0.285. The van der Waals surface area contributed by atoms with Crippen molar-refractivity contribution in [2.45, 2.75) is 76.7 Å². The van der Waals surface area contributed by atoms with E-state index in [0.29, 0.717) is 61.1 Å². The van der Waals surface area contributed by atoms with E-state index in [9.17, 15) is 9.59 Å². The highest BCUT2D eigenvalue weighted by atomic mass is 16.7. The lowest BCUT2D eigenvalue weighted by Crippen LogP contribution is -2.48. The van der Waals surface area contributed by atoms with Crippen molar-refractivity contribution in [1.29, 1.82) is 0 Å². The second kappa shape index (κ2) is 14.3. The number of alkyl carbamates (subject to hydrolysis) is 1. The SMILES string of the molecule is CC(C)Nc1nc2cc(C(=O)NN(CC[C@H](Cc3ccccc3)NC(=O)OC3C4CC5C[C@@H]3COC5O4)Cc3ccccc3)ccc2o1. The highest BCUT2D eigenvalue weighted by molar-refractivity contribution is 5.97. The van der Waals surface area contributed by atoms with E-state index >= 15 is 0 Å². The first-order chi connectivity index (χ1) is 23.4. The number of carbonyl (C=O) groups excluding carboxylic acids is 2. The maximum Gasteiger partial charge on any atom is 0.407 e. The van der Waals surface area contributed by atoms with Crippen LogP contribution in [0.2, 0.25) is 0 Å². The van der Waals surface area contributed by atoms with Gasteiger partial charge in [0.2, 0.25) is 0 Å². The van der Waals surface area contributed by atoms with Crippen molar-refractivity contribution in [2.75, 3.05) is 18.5 Å². The number of ether oxygens (including phenoxy) is 3. The van der Waals surface area contributed by atoms with Gasteiger partial charge >= 0.3 is 6.09 Å². The van der Waals surface area contributed by atoms with Crippen molar-refractivity contribution in [3.8, 4) is 0 Å². The Morgan fingerprint density at radius 3 is 2.52 bits per heavy atom. The standard InChI is InChI=1S/C37H43N5O6/c1-23(2)38-36-40-30-19-26(13-14-31(30)47-36)34(43)41-42(21-25-11-7-4-8-12-25)16-15-29(17-24-9-5-3-6-10-24)39-37(44)48-33-28-18-27-20-32(33)46-35(27)45-22-28/h3-14,19,23,27-29,32-33,35H,15-18,20-22H2,1-2H3,(H,38,40)(H,39,44)(H,41,43)/t27?,28-,29-,32?,33?,35?/m1/s1. The summed E-state index contributed by atoms with van der Waals surface area (Å²) < 4.78 is 23.7. The molecule has 2 amide bonds. The van der Waals surface area contributed by atoms with Crippen LogP contribution in [0.25, 0.3) is 11.1 Å². The summed E-state index contributed by atoms with van der Waals surface area (Å²) in [6.07, 6.45) is 1.93. The summed E-state index contributed by atoms with van der Waals surface area (Å²) in [4.78, 5) is 31.5. The van der Waals surface area contributed by atoms with Gasteiger partial charge in [0.05, 0.1) is 12.7 Å². The van der Waals surface area contributed by atoms with Crippen LogP contribution in [-0.4, -0.2) is 65.7 Å². The number of rotatable bonds is 13. The van der Waals surface area contributed by atoms with Crippen LogP contribution in [0.3, 0.4) is 0 Å². The highest BCUT2D eigenvalue weighted by Gasteiger charge is 2.53. The van der Waals surface area contributed by atoms with E-state index in [4.69, 9.17) is 18.6 Å². The molecule has 252 valence electrons. The van der Waals surface area contributed by atoms with Gasteiger partial charge in [0.1, 0.15) is 11.6 Å². The fraction of sp³-hybridized carbons (Fsp3) is 0.432. The van der Waals surface area contributed by atoms with E-state index < -0.39 is 6.09 Å². The monoisotopic (exact) mass is 653 g/mol. The number of anilines is 1. The molecule has 7 rings (SSSR count). The molecule has 48 heavy (non-hydrogen) atoms. The van der Waals surface area contributed by atoms with Crippen molar-refractivity contribution in [2.24, 2.45) is 11.8 Å². The molecule has 2 saturated heterocycles. The number of benzene rings is 3. The number of oxazole rings is 1. The number of carbonyl (C=O) groups is 2. The first-order valence-corrected chi connectivity index (χ1v) is 16.9. The van der Waals surface area contributed by atoms with Gasteiger partial charge in [-0.3, -0.25) is 10.2 Å². The molecule has 11 nitrogen and oxygen atoms in total. The van der Waals surface area contributed by atoms with Crippen LogP contribution in [0.5, 0.6) is 0 Å². The number of hydrogen-bond donors (Lipinski definition) is 3. The van der Waals surface area contributed by atoms with Gasteiger partial charge in [-0.05, 0) is 68.9 Å². The largest absolute Gasteiger partial charge is 0.443 e. The third kappa shape index (κ3) is 7.64. The Labute approximate surface area is 280 Å². The number of aromatic nitrogens is 1. The topological polar surface area (TPSA) is 127 Å². The molecule has 6 atom stereocenters. The Morgan fingerprint density at radius 1 is 0.979 bits per heavy atom. The Bertz CT molecular complexity index is 1690. The van der Waals surface area contributed by atoms with E-state index in [-0.39, 0.29) is 42.4 Å². The summed E-state index contributed by atoms with van der Waals surface area (Å²) in [5, 5.41) is 8.20. The number of hydrogen-bond acceptors (Lipinski definition) is 9. The molecule has 0 radical (unpaired) electrons. The molecule has 0 spiro atoms. The molecule has 3 bridgehead atoms. The van der Waals surface area contributed by atoms with E-state index in [1.54, 1.807) is 18.2 Å². The smallest absolute Gasteiger partial charge is 0.407 e. The van der Waals surface area contributed by atoms with Crippen LogP contribution < -0.4 is 16.1 Å². The zero-order valence-corrected chi connectivity index (χ0v) is 27.3. The van der Waals surface area contributed by atoms with E-state index in [2.05, 4.69) is 33.2 Å². The number of nitrogens with one attached hydrogen (secondary N) is 3. The van der Waals surface area contributed by atoms with Gasteiger partial charge in [0.25, 0.3) is 11.9 Å². The normalized spacial score (nSPS) is 23.4. The van der Waals surface area contributed by atoms with Crippen molar-refractivity contribution in [1.82, 2.24) is 20.7 Å². The number of fused-ring (bicyclic) bond motifs is 3. The van der Waals surface area contributed by atoms with Crippen molar-refractivity contribution < 1.29 is 28.2 Å². The van der Waals surface area contributed by atoms with Gasteiger partial charge in [0, 0.05) is 42.6 Å². The minimum Gasteiger partial charge on any atom is -0.443 e. The average molecular weight is 654 g/mol. The summed E-state index contributed by atoms with van der Waals surface area (Å²) >= 11 is 0. The fourth-order valence-electron chi connectivity index (χ4n) is 7.05. The minimum absolute atomic E-state index is 0.120. The quantitative estimate of drug-likeness (QED) is 0.156. The van der Waals surface area contributed by atoms with Gasteiger partial charge in [-0.25, -0.2) is 9.80 Å². The number of nitrogens with zero attached hydrogens (tertiary/aromatic N) is 2. The van der Waals surface area contributed by atoms with E-state index in [1.165, 1.54) is 0 Å². The second-order valence-electron chi connectivity index (χ2n) is 13.4. The molecule has 4 aromatic rings. The highest BCUT2D eigenvalue weighted by Crippen LogP contribution is 2.46. The third-order valence-corrected chi connectivity index (χ3v) is 9.32. The molecule has 3 fully saturated rings. The fourth-order valence-corrected chi connectivity index (χ4v) is 7.05. The summed E-state index contributed by atoms with van der Waals surface area (Å²) in [5.41, 5.74) is 6.92. The molecule has 1 aliphatic carbocycles. The summed E-state index contributed by atoms with van der Waals surface area (Å²) in [6, 6.07) is 25.6. The average Bonchev–Trinajstić information content (AvgIpc) is 3.61. The second-order valence-corrected chi connectivity index (χ2v) is 13.4. The van der Waals surface area contributed by atoms with Gasteiger partial charge in [-0.2, -0.15) is 4.98 Å². The molecule has 1 saturated carbocycles. The predicted octanol–water partition coefficient (Wildman–Crippen LogP) is 5.67. The van der Waals surface area contributed by atoms with Crippen molar-refractivity contribution >= 4 is 29.1 Å². The maximum absolute atomic E-state index is 13.6. The zero-order chi connectivity index (χ0) is 33.0. The van der Waals surface area contributed by atoms with Gasteiger partial charge in [-0.1, -0.05) is 60.7 Å². The minimum atomic E-state index is -0.454. The van der Waals surface area contributed by atoms with Crippen LogP contribution in [0.15, 0.2) is 83.3 Å². The van der Waals surface area contributed by atoms with Crippen LogP contribution in [0.4, 0.5) is 10.8 Å². The first-order valence-electron chi connectivity index (χ1n) is 16.9. The summed E-state index contributed by atoms with van der Waals surface area (Å²) in [7, 11) is 0. The zero-order valence-electron chi connectivity index (χ0n) is 27.3. The maximum atomic E-state index is 13.6. The molecule has 4 unspecified atom stereocenters. The molecule has 2 aliphatic heterocycles. The first kappa shape index (κ1) is 32.1.